The lowest BCUT2D eigenvalue weighted by molar-refractivity contribution is 0.199. The van der Waals surface area contributed by atoms with Gasteiger partial charge in [0, 0.05) is 17.8 Å². The zero-order chi connectivity index (χ0) is 8.60. The Labute approximate surface area is 79.5 Å². The summed E-state index contributed by atoms with van der Waals surface area (Å²) in [6, 6.07) is 3.53. The molecule has 2 heterocycles. The molecule has 66 valence electrons. The quantitative estimate of drug-likeness (QED) is 0.743. The summed E-state index contributed by atoms with van der Waals surface area (Å²) in [5.74, 6) is 0. The molecule has 2 rings (SSSR count). The van der Waals surface area contributed by atoms with Crippen LogP contribution in [0.15, 0.2) is 12.1 Å². The van der Waals surface area contributed by atoms with Crippen molar-refractivity contribution in [2.24, 2.45) is 0 Å². The van der Waals surface area contributed by atoms with Crippen LogP contribution in [0, 0.1) is 0 Å². The molecule has 1 fully saturated rings. The molecule has 0 aliphatic carbocycles. The van der Waals surface area contributed by atoms with Gasteiger partial charge in [-0.05, 0) is 18.7 Å². The first-order chi connectivity index (χ1) is 5.71. The van der Waals surface area contributed by atoms with Gasteiger partial charge in [-0.25, -0.2) is 4.39 Å². The average Bonchev–Trinajstić information content (AvgIpc) is 2.59. The van der Waals surface area contributed by atoms with Gasteiger partial charge in [0.15, 0.2) is 5.67 Å². The minimum Gasteiger partial charge on any atom is -0.313 e. The summed E-state index contributed by atoms with van der Waals surface area (Å²) >= 11 is 7.07. The van der Waals surface area contributed by atoms with Crippen LogP contribution in [0.3, 0.4) is 0 Å². The van der Waals surface area contributed by atoms with Crippen molar-refractivity contribution >= 4 is 22.9 Å². The second-order valence-electron chi connectivity index (χ2n) is 3.00. The Kier molecular flexibility index (Phi) is 2.10. The van der Waals surface area contributed by atoms with Crippen LogP contribution in [0.5, 0.6) is 0 Å². The zero-order valence-corrected chi connectivity index (χ0v) is 8.01. The minimum absolute atomic E-state index is 0.420. The number of rotatable bonds is 1. The molecule has 1 aliphatic heterocycles. The first-order valence-corrected chi connectivity index (χ1v) is 5.06. The van der Waals surface area contributed by atoms with Crippen molar-refractivity contribution in [1.29, 1.82) is 0 Å². The van der Waals surface area contributed by atoms with Gasteiger partial charge in [-0.1, -0.05) is 11.6 Å². The zero-order valence-electron chi connectivity index (χ0n) is 6.44. The van der Waals surface area contributed by atoms with Gasteiger partial charge in [0.05, 0.1) is 4.34 Å². The van der Waals surface area contributed by atoms with Gasteiger partial charge >= 0.3 is 0 Å². The highest BCUT2D eigenvalue weighted by Crippen LogP contribution is 2.37. The van der Waals surface area contributed by atoms with Crippen LogP contribution in [-0.4, -0.2) is 13.1 Å². The highest BCUT2D eigenvalue weighted by Gasteiger charge is 2.36. The third-order valence-corrected chi connectivity index (χ3v) is 3.53. The molecule has 0 aromatic carbocycles. The van der Waals surface area contributed by atoms with Gasteiger partial charge in [0.1, 0.15) is 0 Å². The molecule has 0 radical (unpaired) electrons. The third-order valence-electron chi connectivity index (χ3n) is 2.12. The molecule has 4 heteroatoms. The Balaban J connectivity index is 2.28. The van der Waals surface area contributed by atoms with Gasteiger partial charge in [-0.15, -0.1) is 11.3 Å². The molecule has 1 N–H and O–H groups in total. The molecule has 1 aliphatic rings. The summed E-state index contributed by atoms with van der Waals surface area (Å²) in [4.78, 5) is 0.748. The molecule has 1 saturated heterocycles. The summed E-state index contributed by atoms with van der Waals surface area (Å²) in [5, 5.41) is 3.01. The highest BCUT2D eigenvalue weighted by atomic mass is 35.5. The summed E-state index contributed by atoms with van der Waals surface area (Å²) in [5.41, 5.74) is -1.17. The SMILES string of the molecule is FC1(c2ccc(Cl)s2)CCNC1. The second-order valence-corrected chi connectivity index (χ2v) is 4.71. The summed E-state index contributed by atoms with van der Waals surface area (Å²) in [6.07, 6.45) is 0.559. The Morgan fingerprint density at radius 1 is 1.58 bits per heavy atom. The predicted octanol–water partition coefficient (Wildman–Crippen LogP) is 2.56. The first-order valence-electron chi connectivity index (χ1n) is 3.86. The van der Waals surface area contributed by atoms with Gasteiger partial charge in [-0.2, -0.15) is 0 Å². The van der Waals surface area contributed by atoms with Crippen molar-refractivity contribution in [2.75, 3.05) is 13.1 Å². The minimum atomic E-state index is -1.17. The topological polar surface area (TPSA) is 12.0 Å². The van der Waals surface area contributed by atoms with Gasteiger partial charge in [-0.3, -0.25) is 0 Å². The largest absolute Gasteiger partial charge is 0.313 e. The van der Waals surface area contributed by atoms with Crippen molar-refractivity contribution in [3.63, 3.8) is 0 Å². The molecular formula is C8H9ClFNS. The van der Waals surface area contributed by atoms with Crippen LogP contribution >= 0.6 is 22.9 Å². The van der Waals surface area contributed by atoms with Crippen LogP contribution in [-0.2, 0) is 5.67 Å². The van der Waals surface area contributed by atoms with Crippen molar-refractivity contribution in [2.45, 2.75) is 12.1 Å². The van der Waals surface area contributed by atoms with Gasteiger partial charge in [0.25, 0.3) is 0 Å². The van der Waals surface area contributed by atoms with E-state index in [-0.39, 0.29) is 0 Å². The fraction of sp³-hybridized carbons (Fsp3) is 0.500. The van der Waals surface area contributed by atoms with E-state index in [0.29, 0.717) is 17.3 Å². The molecule has 1 atom stereocenters. The lowest BCUT2D eigenvalue weighted by Gasteiger charge is -2.15. The van der Waals surface area contributed by atoms with E-state index in [4.69, 9.17) is 11.6 Å². The van der Waals surface area contributed by atoms with Crippen LogP contribution in [0.2, 0.25) is 4.34 Å². The maximum atomic E-state index is 13.9. The van der Waals surface area contributed by atoms with Crippen LogP contribution in [0.1, 0.15) is 11.3 Å². The second kappa shape index (κ2) is 2.98. The number of halogens is 2. The van der Waals surface area contributed by atoms with Crippen molar-refractivity contribution in [1.82, 2.24) is 5.32 Å². The Morgan fingerprint density at radius 3 is 2.92 bits per heavy atom. The smallest absolute Gasteiger partial charge is 0.158 e. The van der Waals surface area contributed by atoms with E-state index < -0.39 is 5.67 Å². The van der Waals surface area contributed by atoms with E-state index in [2.05, 4.69) is 5.32 Å². The summed E-state index contributed by atoms with van der Waals surface area (Å²) in [7, 11) is 0. The van der Waals surface area contributed by atoms with Crippen LogP contribution < -0.4 is 5.32 Å². The maximum Gasteiger partial charge on any atom is 0.158 e. The normalized spacial score (nSPS) is 29.5. The molecule has 0 saturated carbocycles. The summed E-state index contributed by atoms with van der Waals surface area (Å²) in [6.45, 7) is 1.18. The van der Waals surface area contributed by atoms with Crippen molar-refractivity contribution in [3.8, 4) is 0 Å². The van der Waals surface area contributed by atoms with Crippen LogP contribution in [0.4, 0.5) is 4.39 Å². The Morgan fingerprint density at radius 2 is 2.42 bits per heavy atom. The number of alkyl halides is 1. The molecule has 0 bridgehead atoms. The third kappa shape index (κ3) is 1.37. The number of hydrogen-bond donors (Lipinski definition) is 1. The van der Waals surface area contributed by atoms with E-state index >= 15 is 0 Å². The van der Waals surface area contributed by atoms with Crippen molar-refractivity contribution in [3.05, 3.63) is 21.3 Å². The first kappa shape index (κ1) is 8.48. The molecule has 1 unspecified atom stereocenters. The molecule has 1 nitrogen and oxygen atoms in total. The van der Waals surface area contributed by atoms with E-state index in [0.717, 1.165) is 11.4 Å². The summed E-state index contributed by atoms with van der Waals surface area (Å²) < 4.78 is 14.6. The van der Waals surface area contributed by atoms with E-state index in [1.807, 2.05) is 0 Å². The number of thiophene rings is 1. The average molecular weight is 206 g/mol. The number of hydrogen-bond acceptors (Lipinski definition) is 2. The molecule has 0 spiro atoms. The molecule has 0 amide bonds. The van der Waals surface area contributed by atoms with Crippen LogP contribution in [0.25, 0.3) is 0 Å². The fourth-order valence-electron chi connectivity index (χ4n) is 1.43. The lowest BCUT2D eigenvalue weighted by atomic mass is 10.0. The van der Waals surface area contributed by atoms with Gasteiger partial charge < -0.3 is 5.32 Å². The number of nitrogens with one attached hydrogen (secondary N) is 1. The Bertz CT molecular complexity index is 280. The molecule has 1 aromatic rings. The maximum absolute atomic E-state index is 13.9. The predicted molar refractivity (Wildman–Crippen MR) is 49.6 cm³/mol. The lowest BCUT2D eigenvalue weighted by Crippen LogP contribution is -2.21. The monoisotopic (exact) mass is 205 g/mol. The van der Waals surface area contributed by atoms with Crippen molar-refractivity contribution < 1.29 is 4.39 Å². The molecule has 12 heavy (non-hydrogen) atoms. The standard InChI is InChI=1S/C8H9ClFNS/c9-7-2-1-6(12-7)8(10)3-4-11-5-8/h1-2,11H,3-5H2. The Hall–Kier alpha value is -0.120. The fourth-order valence-corrected chi connectivity index (χ4v) is 2.58. The molecule has 1 aromatic heterocycles. The highest BCUT2D eigenvalue weighted by molar-refractivity contribution is 7.16. The molecular weight excluding hydrogens is 197 g/mol. The van der Waals surface area contributed by atoms with E-state index in [1.54, 1.807) is 12.1 Å². The van der Waals surface area contributed by atoms with E-state index in [1.165, 1.54) is 11.3 Å². The van der Waals surface area contributed by atoms with E-state index in [9.17, 15) is 4.39 Å². The van der Waals surface area contributed by atoms with Gasteiger partial charge in [0.2, 0.25) is 0 Å².